The fourth-order valence-electron chi connectivity index (χ4n) is 1.01. The standard InChI is InChI=1S/C11H11FN2O3/c1-6(7(2)11(16)17)10(15)14-8-3-4-9(12)13-5-8/h3-5H,1-2H3,(H,14,15)(H,16,17)/b7-6+. The van der Waals surface area contributed by atoms with Gasteiger partial charge in [-0.15, -0.1) is 0 Å². The summed E-state index contributed by atoms with van der Waals surface area (Å²) in [5.74, 6) is -2.37. The monoisotopic (exact) mass is 238 g/mol. The van der Waals surface area contributed by atoms with Crippen molar-refractivity contribution in [3.63, 3.8) is 0 Å². The number of nitrogens with zero attached hydrogens (tertiary/aromatic N) is 1. The number of hydrogen-bond acceptors (Lipinski definition) is 3. The number of aromatic nitrogens is 1. The Hall–Kier alpha value is -2.24. The molecule has 0 bridgehead atoms. The van der Waals surface area contributed by atoms with Gasteiger partial charge in [0.05, 0.1) is 11.9 Å². The minimum absolute atomic E-state index is 0.0439. The van der Waals surface area contributed by atoms with Crippen LogP contribution in [-0.4, -0.2) is 22.0 Å². The molecule has 0 radical (unpaired) electrons. The van der Waals surface area contributed by atoms with E-state index in [1.807, 2.05) is 0 Å². The SMILES string of the molecule is C/C(C(=O)O)=C(/C)C(=O)Nc1ccc(F)nc1. The Balaban J connectivity index is 2.83. The van der Waals surface area contributed by atoms with Crippen LogP contribution in [-0.2, 0) is 9.59 Å². The highest BCUT2D eigenvalue weighted by molar-refractivity contribution is 6.07. The number of amides is 1. The minimum atomic E-state index is -1.16. The van der Waals surface area contributed by atoms with Crippen molar-refractivity contribution in [1.29, 1.82) is 0 Å². The van der Waals surface area contributed by atoms with Gasteiger partial charge < -0.3 is 10.4 Å². The molecule has 0 aliphatic carbocycles. The van der Waals surface area contributed by atoms with E-state index in [9.17, 15) is 14.0 Å². The quantitative estimate of drug-likeness (QED) is 0.619. The number of halogens is 1. The van der Waals surface area contributed by atoms with Gasteiger partial charge in [-0.05, 0) is 26.0 Å². The third kappa shape index (κ3) is 3.37. The van der Waals surface area contributed by atoms with E-state index in [-0.39, 0.29) is 11.1 Å². The van der Waals surface area contributed by atoms with Crippen molar-refractivity contribution in [3.05, 3.63) is 35.4 Å². The number of carboxylic acid groups (broad SMARTS) is 1. The third-order valence-electron chi connectivity index (χ3n) is 2.21. The van der Waals surface area contributed by atoms with Gasteiger partial charge in [0, 0.05) is 11.1 Å². The van der Waals surface area contributed by atoms with Crippen LogP contribution in [0.4, 0.5) is 10.1 Å². The Bertz CT molecular complexity index is 480. The van der Waals surface area contributed by atoms with Gasteiger partial charge in [0.15, 0.2) is 0 Å². The Morgan fingerprint density at radius 1 is 1.29 bits per heavy atom. The molecule has 0 unspecified atom stereocenters. The number of pyridine rings is 1. The first-order valence-corrected chi connectivity index (χ1v) is 4.75. The molecule has 17 heavy (non-hydrogen) atoms. The molecule has 5 nitrogen and oxygen atoms in total. The van der Waals surface area contributed by atoms with Crippen LogP contribution >= 0.6 is 0 Å². The summed E-state index contributed by atoms with van der Waals surface area (Å²) >= 11 is 0. The van der Waals surface area contributed by atoms with Gasteiger partial charge in [0.1, 0.15) is 0 Å². The number of anilines is 1. The molecular formula is C11H11FN2O3. The fourth-order valence-corrected chi connectivity index (χ4v) is 1.01. The lowest BCUT2D eigenvalue weighted by Gasteiger charge is -2.06. The zero-order valence-corrected chi connectivity index (χ0v) is 9.32. The van der Waals surface area contributed by atoms with Crippen molar-refractivity contribution < 1.29 is 19.1 Å². The van der Waals surface area contributed by atoms with E-state index in [2.05, 4.69) is 10.3 Å². The lowest BCUT2D eigenvalue weighted by atomic mass is 10.1. The molecule has 1 aromatic heterocycles. The van der Waals surface area contributed by atoms with Crippen molar-refractivity contribution >= 4 is 17.6 Å². The number of rotatable bonds is 3. The van der Waals surface area contributed by atoms with Gasteiger partial charge >= 0.3 is 5.97 Å². The molecule has 0 saturated heterocycles. The average Bonchev–Trinajstić information content (AvgIpc) is 2.30. The van der Waals surface area contributed by atoms with E-state index in [0.717, 1.165) is 12.3 Å². The lowest BCUT2D eigenvalue weighted by Crippen LogP contribution is -2.16. The van der Waals surface area contributed by atoms with Crippen molar-refractivity contribution in [1.82, 2.24) is 4.98 Å². The Morgan fingerprint density at radius 2 is 1.94 bits per heavy atom. The van der Waals surface area contributed by atoms with Crippen molar-refractivity contribution in [2.45, 2.75) is 13.8 Å². The first kappa shape index (κ1) is 12.8. The second-order valence-electron chi connectivity index (χ2n) is 3.38. The average molecular weight is 238 g/mol. The number of aliphatic carboxylic acids is 1. The predicted octanol–water partition coefficient (Wildman–Crippen LogP) is 1.58. The second kappa shape index (κ2) is 5.20. The van der Waals surface area contributed by atoms with E-state index >= 15 is 0 Å². The number of nitrogens with one attached hydrogen (secondary N) is 1. The van der Waals surface area contributed by atoms with Crippen LogP contribution < -0.4 is 5.32 Å². The molecule has 0 aliphatic rings. The molecule has 0 fully saturated rings. The van der Waals surface area contributed by atoms with Gasteiger partial charge in [0.2, 0.25) is 5.95 Å². The van der Waals surface area contributed by atoms with Crippen LogP contribution in [0.15, 0.2) is 29.5 Å². The second-order valence-corrected chi connectivity index (χ2v) is 3.38. The maximum Gasteiger partial charge on any atom is 0.331 e. The Kier molecular flexibility index (Phi) is 3.92. The number of carboxylic acids is 1. The van der Waals surface area contributed by atoms with E-state index in [0.29, 0.717) is 5.69 Å². The van der Waals surface area contributed by atoms with Crippen LogP contribution in [0.5, 0.6) is 0 Å². The van der Waals surface area contributed by atoms with Crippen LogP contribution in [0, 0.1) is 5.95 Å². The van der Waals surface area contributed by atoms with Crippen LogP contribution in [0.1, 0.15) is 13.8 Å². The summed E-state index contributed by atoms with van der Waals surface area (Å²) in [6.07, 6.45) is 1.15. The lowest BCUT2D eigenvalue weighted by molar-refractivity contribution is -0.133. The van der Waals surface area contributed by atoms with Gasteiger partial charge in [-0.1, -0.05) is 0 Å². The summed E-state index contributed by atoms with van der Waals surface area (Å²) in [6, 6.07) is 2.43. The van der Waals surface area contributed by atoms with E-state index in [1.165, 1.54) is 19.9 Å². The van der Waals surface area contributed by atoms with Gasteiger partial charge in [-0.3, -0.25) is 4.79 Å². The number of hydrogen-bond donors (Lipinski definition) is 2. The molecule has 2 N–H and O–H groups in total. The Morgan fingerprint density at radius 3 is 2.41 bits per heavy atom. The maximum absolute atomic E-state index is 12.5. The molecule has 0 saturated carbocycles. The van der Waals surface area contributed by atoms with E-state index in [1.54, 1.807) is 0 Å². The van der Waals surface area contributed by atoms with Crippen LogP contribution in [0.2, 0.25) is 0 Å². The van der Waals surface area contributed by atoms with E-state index in [4.69, 9.17) is 5.11 Å². The van der Waals surface area contributed by atoms with Crippen molar-refractivity contribution in [2.24, 2.45) is 0 Å². The molecule has 0 aliphatic heterocycles. The topological polar surface area (TPSA) is 79.3 Å². The first-order valence-electron chi connectivity index (χ1n) is 4.75. The largest absolute Gasteiger partial charge is 0.478 e. The molecule has 0 spiro atoms. The van der Waals surface area contributed by atoms with Gasteiger partial charge in [0.25, 0.3) is 5.91 Å². The molecule has 1 rings (SSSR count). The molecule has 0 aromatic carbocycles. The predicted molar refractivity (Wildman–Crippen MR) is 58.8 cm³/mol. The zero-order chi connectivity index (χ0) is 13.0. The minimum Gasteiger partial charge on any atom is -0.478 e. The molecule has 1 aromatic rings. The molecular weight excluding hydrogens is 227 g/mol. The van der Waals surface area contributed by atoms with Crippen molar-refractivity contribution in [3.8, 4) is 0 Å². The summed E-state index contributed by atoms with van der Waals surface area (Å²) in [4.78, 5) is 25.6. The molecule has 1 heterocycles. The molecule has 1 amide bonds. The summed E-state index contributed by atoms with van der Waals surface area (Å²) in [6.45, 7) is 2.73. The normalized spacial score (nSPS) is 11.7. The zero-order valence-electron chi connectivity index (χ0n) is 9.32. The highest BCUT2D eigenvalue weighted by atomic mass is 19.1. The van der Waals surface area contributed by atoms with E-state index < -0.39 is 17.8 Å². The highest BCUT2D eigenvalue weighted by Gasteiger charge is 2.12. The van der Waals surface area contributed by atoms with Crippen LogP contribution in [0.25, 0.3) is 0 Å². The smallest absolute Gasteiger partial charge is 0.331 e. The molecule has 0 atom stereocenters. The maximum atomic E-state index is 12.5. The summed E-state index contributed by atoms with van der Waals surface area (Å²) < 4.78 is 12.5. The highest BCUT2D eigenvalue weighted by Crippen LogP contribution is 2.10. The third-order valence-corrected chi connectivity index (χ3v) is 2.21. The summed E-state index contributed by atoms with van der Waals surface area (Å²) in [5, 5.41) is 11.1. The Labute approximate surface area is 97.0 Å². The summed E-state index contributed by atoms with van der Waals surface area (Å²) in [5.41, 5.74) is 0.341. The fraction of sp³-hybridized carbons (Fsp3) is 0.182. The molecule has 6 heteroatoms. The van der Waals surface area contributed by atoms with Crippen molar-refractivity contribution in [2.75, 3.05) is 5.32 Å². The molecule has 90 valence electrons. The summed E-state index contributed by atoms with van der Waals surface area (Å²) in [7, 11) is 0. The first-order chi connectivity index (χ1) is 7.91. The van der Waals surface area contributed by atoms with Gasteiger partial charge in [-0.2, -0.15) is 4.39 Å². The number of carbonyl (C=O) groups excluding carboxylic acids is 1. The number of carbonyl (C=O) groups is 2. The van der Waals surface area contributed by atoms with Crippen LogP contribution in [0.3, 0.4) is 0 Å². The van der Waals surface area contributed by atoms with Gasteiger partial charge in [-0.25, -0.2) is 9.78 Å².